The third kappa shape index (κ3) is 3.01. The lowest BCUT2D eigenvalue weighted by molar-refractivity contribution is 0.283. The summed E-state index contributed by atoms with van der Waals surface area (Å²) in [6.07, 6.45) is 3.11. The Bertz CT molecular complexity index is 303. The van der Waals surface area contributed by atoms with Gasteiger partial charge < -0.3 is 5.32 Å². The van der Waals surface area contributed by atoms with Crippen molar-refractivity contribution in [3.63, 3.8) is 0 Å². The molecule has 1 aromatic heterocycles. The molecule has 82 valence electrons. The molecular formula is C12H19N3. The van der Waals surface area contributed by atoms with E-state index in [1.165, 1.54) is 18.5 Å². The molecule has 3 heteroatoms. The van der Waals surface area contributed by atoms with Crippen molar-refractivity contribution in [1.29, 1.82) is 0 Å². The van der Waals surface area contributed by atoms with Gasteiger partial charge in [0, 0.05) is 31.5 Å². The molecule has 1 fully saturated rings. The molecule has 1 aliphatic heterocycles. The second-order valence-corrected chi connectivity index (χ2v) is 4.13. The molecule has 1 aliphatic rings. The summed E-state index contributed by atoms with van der Waals surface area (Å²) in [6, 6.07) is 4.21. The molecular weight excluding hydrogens is 186 g/mol. The molecule has 3 nitrogen and oxygen atoms in total. The Kier molecular flexibility index (Phi) is 3.69. The van der Waals surface area contributed by atoms with E-state index in [2.05, 4.69) is 28.2 Å². The Labute approximate surface area is 91.5 Å². The molecule has 1 saturated heterocycles. The lowest BCUT2D eigenvalue weighted by Gasteiger charge is -2.20. The standard InChI is InChI=1S/C12H19N3/c1-11-12(4-2-6-14-11)10-15-8-3-5-13-7-9-15/h2,4,6,13H,3,5,7-10H2,1H3. The maximum atomic E-state index is 4.33. The van der Waals surface area contributed by atoms with Gasteiger partial charge in [-0.1, -0.05) is 6.07 Å². The van der Waals surface area contributed by atoms with E-state index < -0.39 is 0 Å². The average molecular weight is 205 g/mol. The van der Waals surface area contributed by atoms with E-state index in [0.717, 1.165) is 31.9 Å². The fourth-order valence-corrected chi connectivity index (χ4v) is 1.99. The monoisotopic (exact) mass is 205 g/mol. The molecule has 0 bridgehead atoms. The summed E-state index contributed by atoms with van der Waals surface area (Å²) in [7, 11) is 0. The Morgan fingerprint density at radius 1 is 1.40 bits per heavy atom. The first-order valence-corrected chi connectivity index (χ1v) is 5.70. The number of aromatic nitrogens is 1. The third-order valence-electron chi connectivity index (χ3n) is 2.94. The van der Waals surface area contributed by atoms with Crippen molar-refractivity contribution in [2.45, 2.75) is 19.9 Å². The van der Waals surface area contributed by atoms with Crippen LogP contribution in [0.2, 0.25) is 0 Å². The first kappa shape index (κ1) is 10.6. The molecule has 0 amide bonds. The predicted molar refractivity (Wildman–Crippen MR) is 61.7 cm³/mol. The summed E-state index contributed by atoms with van der Waals surface area (Å²) in [5.41, 5.74) is 2.52. The van der Waals surface area contributed by atoms with Crippen LogP contribution in [0, 0.1) is 6.92 Å². The van der Waals surface area contributed by atoms with Crippen molar-refractivity contribution in [1.82, 2.24) is 15.2 Å². The van der Waals surface area contributed by atoms with Crippen molar-refractivity contribution in [2.24, 2.45) is 0 Å². The summed E-state index contributed by atoms with van der Waals surface area (Å²) in [6.45, 7) is 7.74. The molecule has 2 heterocycles. The van der Waals surface area contributed by atoms with Crippen molar-refractivity contribution >= 4 is 0 Å². The Balaban J connectivity index is 1.98. The first-order chi connectivity index (χ1) is 7.36. The molecule has 0 unspecified atom stereocenters. The number of hydrogen-bond donors (Lipinski definition) is 1. The van der Waals surface area contributed by atoms with Gasteiger partial charge >= 0.3 is 0 Å². The van der Waals surface area contributed by atoms with Crippen LogP contribution in [0.15, 0.2) is 18.3 Å². The van der Waals surface area contributed by atoms with Gasteiger partial charge in [-0.3, -0.25) is 9.88 Å². The molecule has 1 N–H and O–H groups in total. The summed E-state index contributed by atoms with van der Waals surface area (Å²) < 4.78 is 0. The molecule has 1 aromatic rings. The van der Waals surface area contributed by atoms with Crippen LogP contribution in [0.5, 0.6) is 0 Å². The highest BCUT2D eigenvalue weighted by atomic mass is 15.1. The maximum Gasteiger partial charge on any atom is 0.0417 e. The normalized spacial score (nSPS) is 18.7. The van der Waals surface area contributed by atoms with Gasteiger partial charge in [-0.05, 0) is 38.1 Å². The van der Waals surface area contributed by atoms with Crippen LogP contribution in [0.4, 0.5) is 0 Å². The zero-order valence-corrected chi connectivity index (χ0v) is 9.37. The smallest absolute Gasteiger partial charge is 0.0417 e. The highest BCUT2D eigenvalue weighted by Crippen LogP contribution is 2.08. The topological polar surface area (TPSA) is 28.2 Å². The zero-order chi connectivity index (χ0) is 10.5. The number of rotatable bonds is 2. The summed E-state index contributed by atoms with van der Waals surface area (Å²) >= 11 is 0. The minimum Gasteiger partial charge on any atom is -0.315 e. The van der Waals surface area contributed by atoms with Crippen molar-refractivity contribution in [2.75, 3.05) is 26.2 Å². The van der Waals surface area contributed by atoms with Crippen molar-refractivity contribution in [3.8, 4) is 0 Å². The molecule has 0 atom stereocenters. The fourth-order valence-electron chi connectivity index (χ4n) is 1.99. The van der Waals surface area contributed by atoms with E-state index in [0.29, 0.717) is 0 Å². The number of nitrogens with one attached hydrogen (secondary N) is 1. The SMILES string of the molecule is Cc1ncccc1CN1CCCNCC1. The minimum absolute atomic E-state index is 1.04. The number of pyridine rings is 1. The van der Waals surface area contributed by atoms with Crippen LogP contribution >= 0.6 is 0 Å². The van der Waals surface area contributed by atoms with Crippen molar-refractivity contribution < 1.29 is 0 Å². The highest BCUT2D eigenvalue weighted by molar-refractivity contribution is 5.17. The van der Waals surface area contributed by atoms with Gasteiger partial charge in [0.1, 0.15) is 0 Å². The predicted octanol–water partition coefficient (Wildman–Crippen LogP) is 1.19. The van der Waals surface area contributed by atoms with Crippen LogP contribution in [0.25, 0.3) is 0 Å². The summed E-state index contributed by atoms with van der Waals surface area (Å²) in [5.74, 6) is 0. The summed E-state index contributed by atoms with van der Waals surface area (Å²) in [4.78, 5) is 6.83. The van der Waals surface area contributed by atoms with Gasteiger partial charge in [-0.25, -0.2) is 0 Å². The van der Waals surface area contributed by atoms with E-state index >= 15 is 0 Å². The fraction of sp³-hybridized carbons (Fsp3) is 0.583. The van der Waals surface area contributed by atoms with Gasteiger partial charge in [0.15, 0.2) is 0 Å². The maximum absolute atomic E-state index is 4.33. The molecule has 0 saturated carbocycles. The number of nitrogens with zero attached hydrogens (tertiary/aromatic N) is 2. The molecule has 2 rings (SSSR count). The van der Waals surface area contributed by atoms with E-state index in [1.54, 1.807) is 0 Å². The lowest BCUT2D eigenvalue weighted by Crippen LogP contribution is -2.28. The first-order valence-electron chi connectivity index (χ1n) is 5.70. The van der Waals surface area contributed by atoms with Crippen LogP contribution in [-0.4, -0.2) is 36.1 Å². The number of hydrogen-bond acceptors (Lipinski definition) is 3. The lowest BCUT2D eigenvalue weighted by atomic mass is 10.2. The molecule has 0 aromatic carbocycles. The minimum atomic E-state index is 1.04. The molecule has 0 spiro atoms. The molecule has 0 radical (unpaired) electrons. The second-order valence-electron chi connectivity index (χ2n) is 4.13. The van der Waals surface area contributed by atoms with Gasteiger partial charge in [0.2, 0.25) is 0 Å². The largest absolute Gasteiger partial charge is 0.315 e. The Hall–Kier alpha value is -0.930. The molecule has 15 heavy (non-hydrogen) atoms. The van der Waals surface area contributed by atoms with Crippen LogP contribution < -0.4 is 5.32 Å². The van der Waals surface area contributed by atoms with E-state index in [9.17, 15) is 0 Å². The molecule has 0 aliphatic carbocycles. The van der Waals surface area contributed by atoms with Crippen LogP contribution in [0.1, 0.15) is 17.7 Å². The van der Waals surface area contributed by atoms with E-state index in [1.807, 2.05) is 12.3 Å². The average Bonchev–Trinajstić information content (AvgIpc) is 2.50. The van der Waals surface area contributed by atoms with Crippen LogP contribution in [0.3, 0.4) is 0 Å². The zero-order valence-electron chi connectivity index (χ0n) is 9.37. The van der Waals surface area contributed by atoms with Crippen molar-refractivity contribution in [3.05, 3.63) is 29.6 Å². The Morgan fingerprint density at radius 3 is 3.20 bits per heavy atom. The third-order valence-corrected chi connectivity index (χ3v) is 2.94. The van der Waals surface area contributed by atoms with Gasteiger partial charge in [-0.15, -0.1) is 0 Å². The number of aryl methyl sites for hydroxylation is 1. The summed E-state index contributed by atoms with van der Waals surface area (Å²) in [5, 5.41) is 3.42. The van der Waals surface area contributed by atoms with Crippen LogP contribution in [-0.2, 0) is 6.54 Å². The second kappa shape index (κ2) is 5.24. The van der Waals surface area contributed by atoms with Gasteiger partial charge in [-0.2, -0.15) is 0 Å². The highest BCUT2D eigenvalue weighted by Gasteiger charge is 2.09. The van der Waals surface area contributed by atoms with Gasteiger partial charge in [0.05, 0.1) is 0 Å². The van der Waals surface area contributed by atoms with E-state index in [-0.39, 0.29) is 0 Å². The Morgan fingerprint density at radius 2 is 2.33 bits per heavy atom. The van der Waals surface area contributed by atoms with E-state index in [4.69, 9.17) is 0 Å². The van der Waals surface area contributed by atoms with Gasteiger partial charge in [0.25, 0.3) is 0 Å². The quantitative estimate of drug-likeness (QED) is 0.786.